The highest BCUT2D eigenvalue weighted by Crippen LogP contribution is 2.40. The van der Waals surface area contributed by atoms with Crippen molar-refractivity contribution in [2.75, 3.05) is 0 Å². The molecule has 5 nitrogen and oxygen atoms in total. The SMILES string of the molecule is c1ccc(-c2nc(-c3cccc(-c4cccc(-n5c6ccccc6c6c(-c7ccccc7)cccc65)c4)c3)nc(-c3cccc4oc5ccccc5c34)n2)cc1. The highest BCUT2D eigenvalue weighted by molar-refractivity contribution is 6.16. The number of rotatable bonds is 6. The van der Waals surface area contributed by atoms with Crippen molar-refractivity contribution >= 4 is 43.7 Å². The number of para-hydroxylation sites is 2. The predicted octanol–water partition coefficient (Wildman–Crippen LogP) is 13.2. The molecular formula is C51H32N4O. The summed E-state index contributed by atoms with van der Waals surface area (Å²) in [6.07, 6.45) is 0. The van der Waals surface area contributed by atoms with E-state index in [-0.39, 0.29) is 0 Å². The van der Waals surface area contributed by atoms with Crippen LogP contribution in [-0.4, -0.2) is 19.5 Å². The van der Waals surface area contributed by atoms with Crippen molar-refractivity contribution in [3.63, 3.8) is 0 Å². The lowest BCUT2D eigenvalue weighted by Crippen LogP contribution is -2.00. The van der Waals surface area contributed by atoms with Crippen LogP contribution in [0.4, 0.5) is 0 Å². The highest BCUT2D eigenvalue weighted by atomic mass is 16.3. The Kier molecular flexibility index (Phi) is 7.42. The van der Waals surface area contributed by atoms with E-state index >= 15 is 0 Å². The van der Waals surface area contributed by atoms with Gasteiger partial charge in [-0.2, -0.15) is 0 Å². The molecule has 0 radical (unpaired) electrons. The second-order valence-electron chi connectivity index (χ2n) is 14.0. The highest BCUT2D eigenvalue weighted by Gasteiger charge is 2.19. The van der Waals surface area contributed by atoms with Crippen molar-refractivity contribution in [2.45, 2.75) is 0 Å². The average molecular weight is 717 g/mol. The van der Waals surface area contributed by atoms with Gasteiger partial charge in [-0.15, -0.1) is 0 Å². The maximum atomic E-state index is 6.25. The fourth-order valence-electron chi connectivity index (χ4n) is 8.12. The van der Waals surface area contributed by atoms with Gasteiger partial charge in [-0.05, 0) is 64.7 Å². The van der Waals surface area contributed by atoms with Gasteiger partial charge in [-0.1, -0.05) is 152 Å². The Labute approximate surface area is 322 Å². The molecule has 0 bridgehead atoms. The molecule has 0 aliphatic heterocycles. The minimum Gasteiger partial charge on any atom is -0.456 e. The number of aromatic nitrogens is 4. The maximum absolute atomic E-state index is 6.25. The molecule has 0 atom stereocenters. The molecule has 0 aliphatic carbocycles. The second kappa shape index (κ2) is 13.0. The molecule has 5 heteroatoms. The molecule has 0 spiro atoms. The fraction of sp³-hybridized carbons (Fsp3) is 0. The van der Waals surface area contributed by atoms with Crippen molar-refractivity contribution in [1.29, 1.82) is 0 Å². The van der Waals surface area contributed by atoms with E-state index in [2.05, 4.69) is 138 Å². The summed E-state index contributed by atoms with van der Waals surface area (Å²) in [6.45, 7) is 0. The Morgan fingerprint density at radius 2 is 0.893 bits per heavy atom. The van der Waals surface area contributed by atoms with Crippen molar-refractivity contribution in [3.8, 4) is 62.1 Å². The largest absolute Gasteiger partial charge is 0.456 e. The van der Waals surface area contributed by atoms with E-state index in [0.29, 0.717) is 17.5 Å². The summed E-state index contributed by atoms with van der Waals surface area (Å²) in [5.41, 5.74) is 12.4. The lowest BCUT2D eigenvalue weighted by molar-refractivity contribution is 0.669. The minimum absolute atomic E-state index is 0.597. The van der Waals surface area contributed by atoms with E-state index < -0.39 is 0 Å². The summed E-state index contributed by atoms with van der Waals surface area (Å²) in [5.74, 6) is 1.82. The first-order valence-electron chi connectivity index (χ1n) is 18.8. The topological polar surface area (TPSA) is 56.7 Å². The van der Waals surface area contributed by atoms with E-state index in [1.165, 1.54) is 32.9 Å². The predicted molar refractivity (Wildman–Crippen MR) is 229 cm³/mol. The quantitative estimate of drug-likeness (QED) is 0.172. The van der Waals surface area contributed by atoms with Crippen molar-refractivity contribution < 1.29 is 4.42 Å². The van der Waals surface area contributed by atoms with Gasteiger partial charge in [0.15, 0.2) is 17.5 Å². The Hall–Kier alpha value is -7.63. The maximum Gasteiger partial charge on any atom is 0.164 e. The standard InChI is InChI=1S/C51H32N4O/c1-3-15-33(16-4-1)39-25-13-28-44-47(39)40-23-7-9-27-43(40)55(44)38-22-12-20-36(32-38)35-19-11-21-37(31-35)50-52-49(34-17-5-2-6-18-34)53-51(54-50)42-26-14-30-46-48(42)41-24-8-10-29-45(41)56-46/h1-32H. The van der Waals surface area contributed by atoms with Crippen LogP contribution in [0, 0.1) is 0 Å². The summed E-state index contributed by atoms with van der Waals surface area (Å²) < 4.78 is 8.63. The van der Waals surface area contributed by atoms with Gasteiger partial charge in [0.2, 0.25) is 0 Å². The third-order valence-corrected chi connectivity index (χ3v) is 10.7. The van der Waals surface area contributed by atoms with E-state index in [0.717, 1.165) is 55.4 Å². The van der Waals surface area contributed by atoms with Crippen molar-refractivity contribution in [3.05, 3.63) is 194 Å². The van der Waals surface area contributed by atoms with Gasteiger partial charge in [0.1, 0.15) is 11.2 Å². The van der Waals surface area contributed by atoms with Gasteiger partial charge in [0.05, 0.1) is 11.0 Å². The Morgan fingerprint density at radius 3 is 1.73 bits per heavy atom. The van der Waals surface area contributed by atoms with Crippen LogP contribution in [-0.2, 0) is 0 Å². The number of fused-ring (bicyclic) bond motifs is 6. The number of hydrogen-bond donors (Lipinski definition) is 0. The number of furan rings is 1. The number of hydrogen-bond acceptors (Lipinski definition) is 4. The molecule has 0 saturated carbocycles. The molecule has 0 aliphatic rings. The van der Waals surface area contributed by atoms with Gasteiger partial charge < -0.3 is 8.98 Å². The van der Waals surface area contributed by atoms with Crippen LogP contribution >= 0.6 is 0 Å². The monoisotopic (exact) mass is 716 g/mol. The number of nitrogens with zero attached hydrogens (tertiary/aromatic N) is 4. The van der Waals surface area contributed by atoms with Crippen LogP contribution in [0.5, 0.6) is 0 Å². The van der Waals surface area contributed by atoms with Gasteiger partial charge in [0.25, 0.3) is 0 Å². The lowest BCUT2D eigenvalue weighted by atomic mass is 9.99. The summed E-state index contributed by atoms with van der Waals surface area (Å²) >= 11 is 0. The van der Waals surface area contributed by atoms with Crippen LogP contribution in [0.3, 0.4) is 0 Å². The van der Waals surface area contributed by atoms with E-state index in [4.69, 9.17) is 19.4 Å². The summed E-state index contributed by atoms with van der Waals surface area (Å²) in [5, 5.41) is 4.50. The first-order chi connectivity index (χ1) is 27.8. The Morgan fingerprint density at radius 1 is 0.339 bits per heavy atom. The first-order valence-corrected chi connectivity index (χ1v) is 18.8. The molecule has 8 aromatic carbocycles. The molecule has 56 heavy (non-hydrogen) atoms. The lowest BCUT2D eigenvalue weighted by Gasteiger charge is -2.12. The Balaban J connectivity index is 1.06. The van der Waals surface area contributed by atoms with Crippen LogP contribution in [0.15, 0.2) is 199 Å². The average Bonchev–Trinajstić information content (AvgIpc) is 3.83. The molecule has 11 rings (SSSR count). The molecule has 0 amide bonds. The summed E-state index contributed by atoms with van der Waals surface area (Å²) in [6, 6.07) is 67.5. The van der Waals surface area contributed by atoms with Gasteiger partial charge >= 0.3 is 0 Å². The zero-order valence-electron chi connectivity index (χ0n) is 30.2. The zero-order chi connectivity index (χ0) is 37.0. The third kappa shape index (κ3) is 5.29. The summed E-state index contributed by atoms with van der Waals surface area (Å²) in [7, 11) is 0. The summed E-state index contributed by atoms with van der Waals surface area (Å²) in [4.78, 5) is 15.3. The van der Waals surface area contributed by atoms with Crippen molar-refractivity contribution in [1.82, 2.24) is 19.5 Å². The molecule has 262 valence electrons. The van der Waals surface area contributed by atoms with Crippen molar-refractivity contribution in [2.24, 2.45) is 0 Å². The second-order valence-corrected chi connectivity index (χ2v) is 14.0. The van der Waals surface area contributed by atoms with Crippen LogP contribution < -0.4 is 0 Å². The van der Waals surface area contributed by atoms with E-state index in [9.17, 15) is 0 Å². The zero-order valence-corrected chi connectivity index (χ0v) is 30.2. The third-order valence-electron chi connectivity index (χ3n) is 10.7. The van der Waals surface area contributed by atoms with Crippen LogP contribution in [0.25, 0.3) is 106 Å². The fourth-order valence-corrected chi connectivity index (χ4v) is 8.12. The smallest absolute Gasteiger partial charge is 0.164 e. The normalized spacial score (nSPS) is 11.6. The molecule has 0 fully saturated rings. The molecule has 0 unspecified atom stereocenters. The van der Waals surface area contributed by atoms with Crippen LogP contribution in [0.2, 0.25) is 0 Å². The van der Waals surface area contributed by atoms with Crippen LogP contribution in [0.1, 0.15) is 0 Å². The van der Waals surface area contributed by atoms with Gasteiger partial charge in [0, 0.05) is 43.9 Å². The molecule has 0 saturated heterocycles. The minimum atomic E-state index is 0.597. The van der Waals surface area contributed by atoms with Gasteiger partial charge in [-0.3, -0.25) is 0 Å². The van der Waals surface area contributed by atoms with Gasteiger partial charge in [-0.25, -0.2) is 15.0 Å². The number of benzene rings is 8. The molecule has 3 aromatic heterocycles. The van der Waals surface area contributed by atoms with E-state index in [1.807, 2.05) is 60.7 Å². The van der Waals surface area contributed by atoms with E-state index in [1.54, 1.807) is 0 Å². The Bertz CT molecular complexity index is 3250. The molecule has 11 aromatic rings. The molecular weight excluding hydrogens is 685 g/mol. The molecule has 0 N–H and O–H groups in total. The first kappa shape index (κ1) is 31.9. The molecule has 3 heterocycles.